The van der Waals surface area contributed by atoms with Crippen molar-refractivity contribution in [1.82, 2.24) is 14.7 Å². The van der Waals surface area contributed by atoms with Gasteiger partial charge in [-0.2, -0.15) is 0 Å². The first-order valence-electron chi connectivity index (χ1n) is 8.92. The third-order valence-electron chi connectivity index (χ3n) is 4.78. The van der Waals surface area contributed by atoms with E-state index >= 15 is 0 Å². The lowest BCUT2D eigenvalue weighted by atomic mass is 9.90. The van der Waals surface area contributed by atoms with Gasteiger partial charge in [0.2, 0.25) is 0 Å². The number of rotatable bonds is 8. The molecule has 0 aliphatic carbocycles. The van der Waals surface area contributed by atoms with Crippen LogP contribution in [0.4, 0.5) is 4.39 Å². The fraction of sp³-hybridized carbons (Fsp3) is 0.632. The predicted molar refractivity (Wildman–Crippen MR) is 98.6 cm³/mol. The summed E-state index contributed by atoms with van der Waals surface area (Å²) in [4.78, 5) is 18.4. The molecule has 7 heteroatoms. The Bertz CT molecular complexity index is 626. The lowest BCUT2D eigenvalue weighted by Gasteiger charge is -2.40. The van der Waals surface area contributed by atoms with Crippen molar-refractivity contribution < 1.29 is 19.0 Å². The molecule has 1 aliphatic heterocycles. The highest BCUT2D eigenvalue weighted by atomic mass is 19.1. The van der Waals surface area contributed by atoms with Crippen LogP contribution in [0.15, 0.2) is 18.2 Å². The first-order chi connectivity index (χ1) is 12.2. The number of likely N-dealkylation sites (N-methyl/N-ethyl adjacent to an activating group) is 2. The normalized spacial score (nSPS) is 20.9. The molecule has 146 valence electrons. The van der Waals surface area contributed by atoms with Crippen LogP contribution in [0.1, 0.15) is 18.4 Å². The van der Waals surface area contributed by atoms with Gasteiger partial charge in [-0.1, -0.05) is 0 Å². The summed E-state index contributed by atoms with van der Waals surface area (Å²) in [5.41, 5.74) is -1.03. The smallest absolute Gasteiger partial charge is 0.256 e. The number of likely N-dealkylation sites (tertiary alicyclic amines) is 1. The van der Waals surface area contributed by atoms with E-state index in [1.54, 1.807) is 17.0 Å². The molecule has 6 nitrogen and oxygen atoms in total. The van der Waals surface area contributed by atoms with Gasteiger partial charge in [0, 0.05) is 38.3 Å². The molecule has 1 aromatic rings. The lowest BCUT2D eigenvalue weighted by Crippen LogP contribution is -2.58. The number of hydrogen-bond donors (Lipinski definition) is 1. The van der Waals surface area contributed by atoms with Gasteiger partial charge in [-0.25, -0.2) is 4.39 Å². The summed E-state index contributed by atoms with van der Waals surface area (Å²) >= 11 is 0. The molecule has 0 radical (unpaired) electrons. The van der Waals surface area contributed by atoms with E-state index in [4.69, 9.17) is 4.74 Å². The number of amides is 1. The zero-order valence-corrected chi connectivity index (χ0v) is 16.2. The Balaban J connectivity index is 2.06. The van der Waals surface area contributed by atoms with Gasteiger partial charge in [0.25, 0.3) is 5.91 Å². The molecule has 1 N–H and O–H groups in total. The van der Waals surface area contributed by atoms with E-state index in [2.05, 4.69) is 4.90 Å². The Hall–Kier alpha value is -1.70. The molecule has 1 fully saturated rings. The summed E-state index contributed by atoms with van der Waals surface area (Å²) in [7, 11) is 7.39. The highest BCUT2D eigenvalue weighted by molar-refractivity contribution is 5.86. The van der Waals surface area contributed by atoms with E-state index in [9.17, 15) is 14.3 Å². The van der Waals surface area contributed by atoms with Crippen molar-refractivity contribution >= 4 is 5.91 Å². The van der Waals surface area contributed by atoms with Crippen LogP contribution in [-0.2, 0) is 11.3 Å². The Labute approximate surface area is 155 Å². The minimum Gasteiger partial charge on any atom is -0.497 e. The average molecular weight is 367 g/mol. The minimum absolute atomic E-state index is 0.131. The van der Waals surface area contributed by atoms with Crippen molar-refractivity contribution in [3.8, 4) is 5.75 Å². The number of halogens is 1. The van der Waals surface area contributed by atoms with E-state index in [1.807, 2.05) is 26.0 Å². The van der Waals surface area contributed by atoms with Gasteiger partial charge >= 0.3 is 0 Å². The number of methoxy groups -OCH3 is 1. The largest absolute Gasteiger partial charge is 0.497 e. The maximum atomic E-state index is 14.1. The Morgan fingerprint density at radius 3 is 2.69 bits per heavy atom. The van der Waals surface area contributed by atoms with Crippen molar-refractivity contribution in [3.63, 3.8) is 0 Å². The summed E-state index contributed by atoms with van der Waals surface area (Å²) in [6, 6.07) is 4.48. The van der Waals surface area contributed by atoms with E-state index in [-0.39, 0.29) is 24.8 Å². The summed E-state index contributed by atoms with van der Waals surface area (Å²) in [6.07, 6.45) is 1.12. The Morgan fingerprint density at radius 2 is 2.04 bits per heavy atom. The van der Waals surface area contributed by atoms with E-state index in [0.717, 1.165) is 13.1 Å². The molecule has 0 aromatic heterocycles. The molecule has 2 rings (SSSR count). The first-order valence-corrected chi connectivity index (χ1v) is 8.92. The highest BCUT2D eigenvalue weighted by Crippen LogP contribution is 2.26. The molecular weight excluding hydrogens is 337 g/mol. The molecule has 1 atom stereocenters. The monoisotopic (exact) mass is 367 g/mol. The lowest BCUT2D eigenvalue weighted by molar-refractivity contribution is -0.159. The zero-order chi connectivity index (χ0) is 19.3. The maximum absolute atomic E-state index is 14.1. The summed E-state index contributed by atoms with van der Waals surface area (Å²) < 4.78 is 19.2. The van der Waals surface area contributed by atoms with Crippen LogP contribution in [-0.4, -0.2) is 85.7 Å². The van der Waals surface area contributed by atoms with Crippen LogP contribution in [0, 0.1) is 5.82 Å². The number of benzene rings is 1. The number of nitrogens with zero attached hydrogens (tertiary/aromatic N) is 3. The molecule has 1 aliphatic rings. The van der Waals surface area contributed by atoms with E-state index < -0.39 is 5.60 Å². The Kier molecular flexibility index (Phi) is 6.97. The number of aliphatic hydroxyl groups is 1. The second kappa shape index (κ2) is 8.79. The van der Waals surface area contributed by atoms with Crippen LogP contribution in [0.5, 0.6) is 5.75 Å². The average Bonchev–Trinajstić information content (AvgIpc) is 2.59. The molecule has 0 saturated carbocycles. The van der Waals surface area contributed by atoms with Gasteiger partial charge in [-0.3, -0.25) is 4.79 Å². The molecule has 0 bridgehead atoms. The van der Waals surface area contributed by atoms with Crippen LogP contribution in [0.3, 0.4) is 0 Å². The van der Waals surface area contributed by atoms with Gasteiger partial charge in [0.05, 0.1) is 7.11 Å². The second-order valence-corrected chi connectivity index (χ2v) is 7.36. The molecule has 1 amide bonds. The van der Waals surface area contributed by atoms with Crippen molar-refractivity contribution in [1.29, 1.82) is 0 Å². The van der Waals surface area contributed by atoms with Crippen LogP contribution in [0.2, 0.25) is 0 Å². The fourth-order valence-corrected chi connectivity index (χ4v) is 3.26. The van der Waals surface area contributed by atoms with Gasteiger partial charge in [-0.05, 0) is 52.2 Å². The van der Waals surface area contributed by atoms with Gasteiger partial charge in [0.1, 0.15) is 11.6 Å². The van der Waals surface area contributed by atoms with Crippen molar-refractivity contribution in [3.05, 3.63) is 29.6 Å². The van der Waals surface area contributed by atoms with Crippen molar-refractivity contribution in [2.45, 2.75) is 25.0 Å². The van der Waals surface area contributed by atoms with E-state index in [1.165, 1.54) is 13.2 Å². The quantitative estimate of drug-likeness (QED) is 0.748. The number of carbonyl (C=O) groups excluding carboxylic acids is 1. The van der Waals surface area contributed by atoms with Crippen molar-refractivity contribution in [2.24, 2.45) is 0 Å². The van der Waals surface area contributed by atoms with Gasteiger partial charge in [-0.15, -0.1) is 0 Å². The molecule has 0 spiro atoms. The SMILES string of the molecule is COc1ccc(F)c(CN2CCC[C@@](O)(CN(C)CCN(C)C)C2=O)c1. The zero-order valence-electron chi connectivity index (χ0n) is 16.2. The molecule has 0 unspecified atom stereocenters. The summed E-state index contributed by atoms with van der Waals surface area (Å²) in [6.45, 7) is 2.52. The Morgan fingerprint density at radius 1 is 1.31 bits per heavy atom. The first kappa shape index (κ1) is 20.6. The summed E-state index contributed by atoms with van der Waals surface area (Å²) in [5, 5.41) is 10.9. The molecule has 26 heavy (non-hydrogen) atoms. The third kappa shape index (κ3) is 5.16. The third-order valence-corrected chi connectivity index (χ3v) is 4.78. The second-order valence-electron chi connectivity index (χ2n) is 7.36. The van der Waals surface area contributed by atoms with Crippen LogP contribution < -0.4 is 4.74 Å². The van der Waals surface area contributed by atoms with Crippen molar-refractivity contribution in [2.75, 3.05) is 54.4 Å². The van der Waals surface area contributed by atoms with Crippen LogP contribution >= 0.6 is 0 Å². The van der Waals surface area contributed by atoms with Crippen LogP contribution in [0.25, 0.3) is 0 Å². The molecular formula is C19H30FN3O3. The molecule has 1 aromatic carbocycles. The van der Waals surface area contributed by atoms with Gasteiger partial charge < -0.3 is 24.5 Å². The minimum atomic E-state index is -1.42. The predicted octanol–water partition coefficient (Wildman–Crippen LogP) is 1.18. The topological polar surface area (TPSA) is 56.3 Å². The number of carbonyl (C=O) groups is 1. The number of hydrogen-bond acceptors (Lipinski definition) is 5. The number of piperidine rings is 1. The fourth-order valence-electron chi connectivity index (χ4n) is 3.26. The van der Waals surface area contributed by atoms with E-state index in [0.29, 0.717) is 30.7 Å². The highest BCUT2D eigenvalue weighted by Gasteiger charge is 2.42. The maximum Gasteiger partial charge on any atom is 0.256 e. The van der Waals surface area contributed by atoms with Gasteiger partial charge in [0.15, 0.2) is 5.60 Å². The number of ether oxygens (including phenoxy) is 1. The summed E-state index contributed by atoms with van der Waals surface area (Å²) in [5.74, 6) is -0.164. The standard InChI is InChI=1S/C19H30FN3O3/c1-21(2)10-11-22(3)14-19(25)8-5-9-23(18(19)24)13-15-12-16(26-4)6-7-17(15)20/h6-7,12,25H,5,8-11,13-14H2,1-4H3/t19-/m1/s1. The molecule has 1 heterocycles. The molecule has 1 saturated heterocycles.